The molecule has 2 aliphatic heterocycles. The van der Waals surface area contributed by atoms with E-state index in [9.17, 15) is 4.79 Å². The molecule has 0 saturated carbocycles. The zero-order valence-corrected chi connectivity index (χ0v) is 14.5. The van der Waals surface area contributed by atoms with Crippen molar-refractivity contribution in [3.8, 4) is 0 Å². The lowest BCUT2D eigenvalue weighted by Gasteiger charge is -2.38. The normalized spacial score (nSPS) is 21.5. The quantitative estimate of drug-likeness (QED) is 0.592. The third-order valence-corrected chi connectivity index (χ3v) is 5.77. The van der Waals surface area contributed by atoms with E-state index in [1.807, 2.05) is 6.07 Å². The van der Waals surface area contributed by atoms with Gasteiger partial charge in [-0.25, -0.2) is 0 Å². The Morgan fingerprint density at radius 1 is 1.23 bits per heavy atom. The summed E-state index contributed by atoms with van der Waals surface area (Å²) in [6, 6.07) is 6.12. The third kappa shape index (κ3) is 3.42. The molecule has 1 spiro atoms. The number of hydrogen-bond acceptors (Lipinski definition) is 2. The maximum Gasteiger partial charge on any atom is 0.316 e. The maximum atomic E-state index is 11.2. The van der Waals surface area contributed by atoms with Gasteiger partial charge in [0.2, 0.25) is 0 Å². The van der Waals surface area contributed by atoms with Crippen molar-refractivity contribution in [2.45, 2.75) is 32.7 Å². The molecule has 3 nitrogen and oxygen atoms in total. The van der Waals surface area contributed by atoms with E-state index in [4.69, 9.17) is 23.2 Å². The average molecular weight is 341 g/mol. The van der Waals surface area contributed by atoms with Crippen LogP contribution in [0.3, 0.4) is 0 Å². The molecule has 5 heteroatoms. The molecule has 1 aromatic carbocycles. The first kappa shape index (κ1) is 16.1. The Kier molecular flexibility index (Phi) is 4.67. The SMILES string of the molecule is Cc1ccc(Cl)cc1CN1CCC2(CCN(C(=O)Cl)CC2)C1. The van der Waals surface area contributed by atoms with Crippen LogP contribution >= 0.6 is 23.2 Å². The molecule has 2 heterocycles. The van der Waals surface area contributed by atoms with E-state index < -0.39 is 0 Å². The van der Waals surface area contributed by atoms with Crippen LogP contribution in [0.1, 0.15) is 30.4 Å². The molecule has 0 N–H and O–H groups in total. The van der Waals surface area contributed by atoms with E-state index in [0.29, 0.717) is 5.41 Å². The number of carbonyl (C=O) groups excluding carboxylic acids is 1. The van der Waals surface area contributed by atoms with E-state index in [2.05, 4.69) is 24.0 Å². The molecule has 0 bridgehead atoms. The summed E-state index contributed by atoms with van der Waals surface area (Å²) in [5.74, 6) is 0. The molecule has 2 saturated heterocycles. The highest BCUT2D eigenvalue weighted by Gasteiger charge is 2.41. The standard InChI is InChI=1S/C17H22Cl2N2O/c1-13-2-3-15(18)10-14(13)11-20-7-4-17(12-20)5-8-21(9-6-17)16(19)22/h2-3,10H,4-9,11-12H2,1H3. The zero-order chi connectivity index (χ0) is 15.7. The Hall–Kier alpha value is -0.770. The van der Waals surface area contributed by atoms with Crippen molar-refractivity contribution in [1.29, 1.82) is 0 Å². The molecule has 0 radical (unpaired) electrons. The van der Waals surface area contributed by atoms with Crippen molar-refractivity contribution in [2.24, 2.45) is 5.41 Å². The number of amides is 1. The number of likely N-dealkylation sites (tertiary alicyclic amines) is 2. The van der Waals surface area contributed by atoms with Gasteiger partial charge in [0.1, 0.15) is 0 Å². The highest BCUT2D eigenvalue weighted by Crippen LogP contribution is 2.41. The van der Waals surface area contributed by atoms with Crippen molar-refractivity contribution in [3.05, 3.63) is 34.3 Å². The summed E-state index contributed by atoms with van der Waals surface area (Å²) in [5, 5.41) is 0.502. The van der Waals surface area contributed by atoms with Crippen LogP contribution in [0.15, 0.2) is 18.2 Å². The second kappa shape index (κ2) is 6.38. The van der Waals surface area contributed by atoms with E-state index in [1.54, 1.807) is 4.90 Å². The summed E-state index contributed by atoms with van der Waals surface area (Å²) in [4.78, 5) is 15.5. The monoisotopic (exact) mass is 340 g/mol. The second-order valence-corrected chi connectivity index (χ2v) is 7.53. The van der Waals surface area contributed by atoms with Gasteiger partial charge in [0.25, 0.3) is 0 Å². The van der Waals surface area contributed by atoms with Crippen LogP contribution in [-0.2, 0) is 6.54 Å². The number of piperidine rings is 1. The van der Waals surface area contributed by atoms with E-state index >= 15 is 0 Å². The number of rotatable bonds is 2. The maximum absolute atomic E-state index is 11.2. The molecule has 2 fully saturated rings. The van der Waals surface area contributed by atoms with Crippen molar-refractivity contribution < 1.29 is 4.79 Å². The van der Waals surface area contributed by atoms with Crippen molar-refractivity contribution in [3.63, 3.8) is 0 Å². The Labute approximate surface area is 142 Å². The predicted octanol–water partition coefficient (Wildman–Crippen LogP) is 4.30. The number of nitrogens with zero attached hydrogens (tertiary/aromatic N) is 2. The van der Waals surface area contributed by atoms with Crippen LogP contribution in [0.25, 0.3) is 0 Å². The second-order valence-electron chi connectivity index (χ2n) is 6.77. The van der Waals surface area contributed by atoms with Crippen molar-refractivity contribution >= 4 is 28.6 Å². The number of aryl methyl sites for hydroxylation is 1. The van der Waals surface area contributed by atoms with Crippen molar-refractivity contribution in [2.75, 3.05) is 26.2 Å². The summed E-state index contributed by atoms with van der Waals surface area (Å²) in [6.45, 7) is 6.94. The van der Waals surface area contributed by atoms with Gasteiger partial charge in [-0.15, -0.1) is 0 Å². The lowest BCUT2D eigenvalue weighted by atomic mass is 9.78. The lowest BCUT2D eigenvalue weighted by molar-refractivity contribution is 0.129. The van der Waals surface area contributed by atoms with Gasteiger partial charge in [-0.05, 0) is 73.0 Å². The minimum Gasteiger partial charge on any atom is -0.329 e. The number of benzene rings is 1. The fourth-order valence-electron chi connectivity index (χ4n) is 3.78. The van der Waals surface area contributed by atoms with Gasteiger partial charge >= 0.3 is 5.37 Å². The number of hydrogen-bond donors (Lipinski definition) is 0. The van der Waals surface area contributed by atoms with Crippen LogP contribution < -0.4 is 0 Å². The summed E-state index contributed by atoms with van der Waals surface area (Å²) in [6.07, 6.45) is 3.35. The molecule has 1 amide bonds. The van der Waals surface area contributed by atoms with Crippen LogP contribution in [0.5, 0.6) is 0 Å². The third-order valence-electron chi connectivity index (χ3n) is 5.30. The van der Waals surface area contributed by atoms with E-state index in [1.165, 1.54) is 17.5 Å². The molecular weight excluding hydrogens is 319 g/mol. The minimum atomic E-state index is -0.306. The van der Waals surface area contributed by atoms with Gasteiger partial charge in [0.15, 0.2) is 0 Å². The largest absolute Gasteiger partial charge is 0.329 e. The van der Waals surface area contributed by atoms with Gasteiger partial charge < -0.3 is 4.90 Å². The fourth-order valence-corrected chi connectivity index (χ4v) is 4.14. The van der Waals surface area contributed by atoms with E-state index in [0.717, 1.165) is 50.6 Å². The molecule has 120 valence electrons. The van der Waals surface area contributed by atoms with Gasteiger partial charge in [0, 0.05) is 31.2 Å². The fraction of sp³-hybridized carbons (Fsp3) is 0.588. The molecule has 0 aromatic heterocycles. The first-order valence-electron chi connectivity index (χ1n) is 7.89. The Bertz CT molecular complexity index is 568. The Balaban J connectivity index is 1.61. The Morgan fingerprint density at radius 3 is 2.59 bits per heavy atom. The Morgan fingerprint density at radius 2 is 1.91 bits per heavy atom. The van der Waals surface area contributed by atoms with Crippen LogP contribution in [0.4, 0.5) is 4.79 Å². The number of halogens is 2. The summed E-state index contributed by atoms with van der Waals surface area (Å²) in [5.41, 5.74) is 2.99. The van der Waals surface area contributed by atoms with Gasteiger partial charge in [-0.2, -0.15) is 0 Å². The predicted molar refractivity (Wildman–Crippen MR) is 90.6 cm³/mol. The topological polar surface area (TPSA) is 23.6 Å². The molecular formula is C17H22Cl2N2O. The molecule has 3 rings (SSSR count). The molecule has 0 aliphatic carbocycles. The average Bonchev–Trinajstić information content (AvgIpc) is 2.86. The molecule has 22 heavy (non-hydrogen) atoms. The van der Waals surface area contributed by atoms with Crippen LogP contribution in [-0.4, -0.2) is 41.3 Å². The highest BCUT2D eigenvalue weighted by molar-refractivity contribution is 6.62. The summed E-state index contributed by atoms with van der Waals surface area (Å²) >= 11 is 11.7. The van der Waals surface area contributed by atoms with Crippen molar-refractivity contribution in [1.82, 2.24) is 9.80 Å². The summed E-state index contributed by atoms with van der Waals surface area (Å²) in [7, 11) is 0. The molecule has 2 aliphatic rings. The zero-order valence-electron chi connectivity index (χ0n) is 12.9. The molecule has 1 aromatic rings. The molecule has 0 unspecified atom stereocenters. The highest BCUT2D eigenvalue weighted by atomic mass is 35.5. The van der Waals surface area contributed by atoms with Gasteiger partial charge in [-0.3, -0.25) is 9.69 Å². The van der Waals surface area contributed by atoms with Gasteiger partial charge in [-0.1, -0.05) is 17.7 Å². The lowest BCUT2D eigenvalue weighted by Crippen LogP contribution is -2.42. The van der Waals surface area contributed by atoms with E-state index in [-0.39, 0.29) is 5.37 Å². The van der Waals surface area contributed by atoms with Gasteiger partial charge in [0.05, 0.1) is 0 Å². The first-order valence-corrected chi connectivity index (χ1v) is 8.65. The summed E-state index contributed by atoms with van der Waals surface area (Å²) < 4.78 is 0. The van der Waals surface area contributed by atoms with Crippen LogP contribution in [0, 0.1) is 12.3 Å². The minimum absolute atomic E-state index is 0.306. The van der Waals surface area contributed by atoms with Crippen LogP contribution in [0.2, 0.25) is 5.02 Å². The number of carbonyl (C=O) groups is 1. The first-order chi connectivity index (χ1) is 10.5. The molecule has 0 atom stereocenters. The smallest absolute Gasteiger partial charge is 0.316 e.